The van der Waals surface area contributed by atoms with E-state index in [1.54, 1.807) is 0 Å². The largest absolute Gasteiger partial charge is 0.428 e. The maximum Gasteiger partial charge on any atom is 0.214 e. The Balaban J connectivity index is 2.33. The highest BCUT2D eigenvalue weighted by Gasteiger charge is 2.28. The Morgan fingerprint density at radius 3 is 2.75 bits per heavy atom. The van der Waals surface area contributed by atoms with E-state index in [-0.39, 0.29) is 0 Å². The Labute approximate surface area is 97.9 Å². The molecule has 0 aliphatic heterocycles. The van der Waals surface area contributed by atoms with Gasteiger partial charge in [0.25, 0.3) is 0 Å². The first-order chi connectivity index (χ1) is 7.52. The van der Waals surface area contributed by atoms with E-state index in [4.69, 9.17) is 5.73 Å². The molecular weight excluding hydrogens is 214 g/mol. The molecule has 0 heterocycles. The molecule has 3 heteroatoms. The molecule has 0 atom stereocenters. The highest BCUT2D eigenvalue weighted by molar-refractivity contribution is 6.88. The van der Waals surface area contributed by atoms with Gasteiger partial charge in [-0.05, 0) is 54.4 Å². The highest BCUT2D eigenvalue weighted by Crippen LogP contribution is 2.33. The van der Waals surface area contributed by atoms with E-state index in [0.29, 0.717) is 6.54 Å². The van der Waals surface area contributed by atoms with Gasteiger partial charge in [-0.3, -0.25) is 0 Å². The second-order valence-corrected chi connectivity index (χ2v) is 8.57. The first-order valence-corrected chi connectivity index (χ1v) is 8.72. The molecule has 2 nitrogen and oxygen atoms in total. The smallest absolute Gasteiger partial charge is 0.214 e. The molecule has 1 aromatic rings. The summed E-state index contributed by atoms with van der Waals surface area (Å²) in [5.41, 5.74) is 9.45. The Kier molecular flexibility index (Phi) is 3.01. The van der Waals surface area contributed by atoms with Gasteiger partial charge in [-0.25, -0.2) is 0 Å². The Morgan fingerprint density at radius 1 is 1.38 bits per heavy atom. The van der Waals surface area contributed by atoms with Crippen LogP contribution in [0.3, 0.4) is 0 Å². The summed E-state index contributed by atoms with van der Waals surface area (Å²) < 4.78 is 0. The third-order valence-electron chi connectivity index (χ3n) is 3.08. The quantitative estimate of drug-likeness (QED) is 0.783. The van der Waals surface area contributed by atoms with Crippen LogP contribution in [-0.2, 0) is 12.8 Å². The van der Waals surface area contributed by atoms with Gasteiger partial charge in [0.15, 0.2) is 0 Å². The van der Waals surface area contributed by atoms with Crippen LogP contribution in [0.1, 0.15) is 16.7 Å². The number of allylic oxidation sites excluding steroid dienone is 1. The number of benzene rings is 1. The van der Waals surface area contributed by atoms with E-state index in [2.05, 4.69) is 24.3 Å². The second-order valence-electron chi connectivity index (χ2n) is 4.91. The average Bonchev–Trinajstić information content (AvgIpc) is 2.60. The predicted molar refractivity (Wildman–Crippen MR) is 70.6 cm³/mol. The number of rotatable bonds is 3. The van der Waals surface area contributed by atoms with E-state index in [0.717, 1.165) is 12.8 Å². The summed E-state index contributed by atoms with van der Waals surface area (Å²) in [6.07, 6.45) is 4.08. The van der Waals surface area contributed by atoms with Crippen molar-refractivity contribution in [3.8, 4) is 0 Å². The second kappa shape index (κ2) is 4.16. The molecule has 86 valence electrons. The van der Waals surface area contributed by atoms with Crippen LogP contribution in [0.4, 0.5) is 0 Å². The normalized spacial score (nSPS) is 14.9. The van der Waals surface area contributed by atoms with Crippen LogP contribution in [-0.4, -0.2) is 19.7 Å². The first kappa shape index (κ1) is 11.6. The van der Waals surface area contributed by atoms with Crippen LogP contribution < -0.4 is 5.73 Å². The van der Waals surface area contributed by atoms with E-state index < -0.39 is 8.32 Å². The molecule has 0 unspecified atom stereocenters. The van der Waals surface area contributed by atoms with Gasteiger partial charge in [0.1, 0.15) is 0 Å². The van der Waals surface area contributed by atoms with Gasteiger partial charge in [-0.15, -0.1) is 0 Å². The van der Waals surface area contributed by atoms with Gasteiger partial charge in [0.05, 0.1) is 0 Å². The minimum Gasteiger partial charge on any atom is -0.428 e. The van der Waals surface area contributed by atoms with Gasteiger partial charge < -0.3 is 10.5 Å². The molecule has 2 rings (SSSR count). The van der Waals surface area contributed by atoms with Crippen molar-refractivity contribution in [3.63, 3.8) is 0 Å². The summed E-state index contributed by atoms with van der Waals surface area (Å²) in [7, 11) is -2.17. The van der Waals surface area contributed by atoms with Gasteiger partial charge in [0, 0.05) is 0 Å². The SMILES string of the molecule is C[Si](C)(O)C1=CCc2cc(CCN)ccc21. The van der Waals surface area contributed by atoms with Crippen molar-refractivity contribution in [1.82, 2.24) is 0 Å². The summed E-state index contributed by atoms with van der Waals surface area (Å²) in [6, 6.07) is 6.50. The number of hydrogen-bond acceptors (Lipinski definition) is 2. The third kappa shape index (κ3) is 2.12. The molecule has 0 amide bonds. The Bertz CT molecular complexity index is 432. The fraction of sp³-hybridized carbons (Fsp3) is 0.385. The molecule has 0 spiro atoms. The molecule has 0 saturated carbocycles. The number of hydrogen-bond donors (Lipinski definition) is 2. The molecule has 0 radical (unpaired) electrons. The van der Waals surface area contributed by atoms with Crippen LogP contribution in [0.5, 0.6) is 0 Å². The minimum atomic E-state index is -2.17. The van der Waals surface area contributed by atoms with E-state index in [9.17, 15) is 4.80 Å². The topological polar surface area (TPSA) is 46.2 Å². The summed E-state index contributed by atoms with van der Waals surface area (Å²) >= 11 is 0. The lowest BCUT2D eigenvalue weighted by atomic mass is 10.0. The van der Waals surface area contributed by atoms with Gasteiger partial charge in [-0.2, -0.15) is 0 Å². The molecule has 0 fully saturated rings. The summed E-state index contributed by atoms with van der Waals surface area (Å²) in [5, 5.41) is 1.18. The van der Waals surface area contributed by atoms with Crippen molar-refractivity contribution in [2.24, 2.45) is 5.73 Å². The van der Waals surface area contributed by atoms with Crippen molar-refractivity contribution >= 4 is 13.5 Å². The van der Waals surface area contributed by atoms with Crippen molar-refractivity contribution in [2.45, 2.75) is 25.9 Å². The van der Waals surface area contributed by atoms with E-state index in [1.165, 1.54) is 21.9 Å². The fourth-order valence-electron chi connectivity index (χ4n) is 2.30. The molecule has 0 aromatic heterocycles. The van der Waals surface area contributed by atoms with Crippen LogP contribution in [0.15, 0.2) is 24.3 Å². The van der Waals surface area contributed by atoms with Crippen LogP contribution >= 0.6 is 0 Å². The Morgan fingerprint density at radius 2 is 2.12 bits per heavy atom. The average molecular weight is 233 g/mol. The molecule has 1 aliphatic rings. The lowest BCUT2D eigenvalue weighted by molar-refractivity contribution is 0.570. The van der Waals surface area contributed by atoms with E-state index in [1.807, 2.05) is 13.1 Å². The Hall–Kier alpha value is -0.903. The number of fused-ring (bicyclic) bond motifs is 1. The monoisotopic (exact) mass is 233 g/mol. The van der Waals surface area contributed by atoms with Crippen molar-refractivity contribution in [1.29, 1.82) is 0 Å². The lowest BCUT2D eigenvalue weighted by Gasteiger charge is -2.17. The highest BCUT2D eigenvalue weighted by atomic mass is 28.4. The van der Waals surface area contributed by atoms with Crippen molar-refractivity contribution in [2.75, 3.05) is 6.54 Å². The summed E-state index contributed by atoms with van der Waals surface area (Å²) in [5.74, 6) is 0. The maximum absolute atomic E-state index is 10.2. The lowest BCUT2D eigenvalue weighted by Crippen LogP contribution is -2.26. The van der Waals surface area contributed by atoms with Crippen molar-refractivity contribution < 1.29 is 4.80 Å². The molecule has 1 aliphatic carbocycles. The van der Waals surface area contributed by atoms with Crippen LogP contribution in [0, 0.1) is 0 Å². The first-order valence-electron chi connectivity index (χ1n) is 5.77. The van der Waals surface area contributed by atoms with Gasteiger partial charge >= 0.3 is 0 Å². The summed E-state index contributed by atoms with van der Waals surface area (Å²) in [4.78, 5) is 10.2. The maximum atomic E-state index is 10.2. The zero-order valence-corrected chi connectivity index (χ0v) is 11.0. The van der Waals surface area contributed by atoms with E-state index >= 15 is 0 Å². The molecular formula is C13H19NOSi. The summed E-state index contributed by atoms with van der Waals surface area (Å²) in [6.45, 7) is 4.64. The molecule has 1 aromatic carbocycles. The molecule has 0 saturated heterocycles. The zero-order valence-electron chi connectivity index (χ0n) is 9.96. The molecule has 3 N–H and O–H groups in total. The van der Waals surface area contributed by atoms with Crippen LogP contribution in [0.25, 0.3) is 5.20 Å². The predicted octanol–water partition coefficient (Wildman–Crippen LogP) is 1.86. The fourth-order valence-corrected chi connectivity index (χ4v) is 3.81. The third-order valence-corrected chi connectivity index (χ3v) is 4.87. The standard InChI is InChI=1S/C13H19NOSi/c1-16(2,15)13-6-4-11-9-10(7-8-14)3-5-12(11)13/h3,5-6,9,15H,4,7-8,14H2,1-2H3. The van der Waals surface area contributed by atoms with Gasteiger partial charge in [0.2, 0.25) is 8.32 Å². The zero-order chi connectivity index (χ0) is 11.8. The minimum absolute atomic E-state index is 0.694. The van der Waals surface area contributed by atoms with Crippen molar-refractivity contribution in [3.05, 3.63) is 41.0 Å². The number of nitrogens with two attached hydrogens (primary N) is 1. The van der Waals surface area contributed by atoms with Gasteiger partial charge in [-0.1, -0.05) is 24.3 Å². The molecule has 16 heavy (non-hydrogen) atoms. The molecule has 0 bridgehead atoms. The van der Waals surface area contributed by atoms with Crippen LogP contribution in [0.2, 0.25) is 13.1 Å².